The van der Waals surface area contributed by atoms with E-state index in [9.17, 15) is 18.3 Å². The molecule has 0 aromatic heterocycles. The molecule has 49 heavy (non-hydrogen) atoms. The van der Waals surface area contributed by atoms with E-state index in [1.54, 1.807) is 24.3 Å². The minimum atomic E-state index is -3.94. The Balaban J connectivity index is 1.44. The fourth-order valence-corrected chi connectivity index (χ4v) is 8.54. The normalized spacial score (nSPS) is 15.6. The topological polar surface area (TPSA) is 112 Å². The first-order valence-corrected chi connectivity index (χ1v) is 26.1. The van der Waals surface area contributed by atoms with Crippen LogP contribution in [0.15, 0.2) is 72.8 Å². The highest BCUT2D eigenvalue weighted by molar-refractivity contribution is 7.89. The zero-order valence-corrected chi connectivity index (χ0v) is 32.6. The van der Waals surface area contributed by atoms with Gasteiger partial charge in [-0.3, -0.25) is 4.79 Å². The number of para-hydroxylation sites is 1. The van der Waals surface area contributed by atoms with Gasteiger partial charge in [0.2, 0.25) is 10.0 Å². The molecule has 1 aliphatic rings. The highest BCUT2D eigenvalue weighted by atomic mass is 32.2. The summed E-state index contributed by atoms with van der Waals surface area (Å²) in [7, 11) is -6.67. The van der Waals surface area contributed by atoms with E-state index in [2.05, 4.69) is 45.3 Å². The lowest BCUT2D eigenvalue weighted by atomic mass is 9.97. The summed E-state index contributed by atoms with van der Waals surface area (Å²) in [6.45, 7) is 14.1. The standard InChI is InChI=1S/C37H53NO8SSi2/c1-48(2,3)23-21-43-27-38(28-44-22-24-49(4,5)6)47(41,42)26-30(25-37(39)40)29-15-17-32(18-16-29)46-36-20-19-34-33(36)13-10-14-35(34)45-31-11-8-7-9-12-31/h7-18,30,36H,19-28H2,1-6H3,(H,39,40)/t30?,36-/m1/s1. The van der Waals surface area contributed by atoms with Crippen LogP contribution in [-0.4, -0.2) is 72.4 Å². The zero-order valence-electron chi connectivity index (χ0n) is 29.8. The minimum absolute atomic E-state index is 0.132. The van der Waals surface area contributed by atoms with Gasteiger partial charge in [0.15, 0.2) is 0 Å². The van der Waals surface area contributed by atoms with Crippen molar-refractivity contribution in [1.29, 1.82) is 0 Å². The van der Waals surface area contributed by atoms with E-state index in [1.807, 2.05) is 42.5 Å². The molecule has 0 radical (unpaired) electrons. The van der Waals surface area contributed by atoms with Gasteiger partial charge in [-0.1, -0.05) is 81.7 Å². The van der Waals surface area contributed by atoms with Gasteiger partial charge in [0.1, 0.15) is 36.8 Å². The van der Waals surface area contributed by atoms with Gasteiger partial charge in [0.25, 0.3) is 0 Å². The average Bonchev–Trinajstić information content (AvgIpc) is 3.43. The number of carbonyl (C=O) groups is 1. The monoisotopic (exact) mass is 727 g/mol. The second-order valence-corrected chi connectivity index (χ2v) is 28.4. The molecule has 3 aromatic rings. The van der Waals surface area contributed by atoms with Gasteiger partial charge in [-0.05, 0) is 66.4 Å². The van der Waals surface area contributed by atoms with Crippen LogP contribution in [0.4, 0.5) is 0 Å². The van der Waals surface area contributed by atoms with Crippen LogP contribution < -0.4 is 9.47 Å². The Morgan fingerprint density at radius 1 is 0.837 bits per heavy atom. The lowest BCUT2D eigenvalue weighted by Gasteiger charge is -2.26. The van der Waals surface area contributed by atoms with Crippen molar-refractivity contribution in [3.8, 4) is 17.2 Å². The summed E-state index contributed by atoms with van der Waals surface area (Å²) in [6, 6.07) is 24.6. The summed E-state index contributed by atoms with van der Waals surface area (Å²) in [5, 5.41) is 9.75. The molecule has 9 nitrogen and oxygen atoms in total. The van der Waals surface area contributed by atoms with E-state index in [-0.39, 0.29) is 31.7 Å². The molecule has 0 aliphatic heterocycles. The predicted octanol–water partition coefficient (Wildman–Crippen LogP) is 8.36. The Morgan fingerprint density at radius 3 is 2.02 bits per heavy atom. The molecular weight excluding hydrogens is 675 g/mol. The van der Waals surface area contributed by atoms with Crippen molar-refractivity contribution in [3.05, 3.63) is 89.5 Å². The number of hydrogen-bond donors (Lipinski definition) is 1. The number of nitrogens with zero attached hydrogens (tertiary/aromatic N) is 1. The molecule has 1 aliphatic carbocycles. The average molecular weight is 728 g/mol. The van der Waals surface area contributed by atoms with Crippen LogP contribution in [0, 0.1) is 0 Å². The second-order valence-electron chi connectivity index (χ2n) is 15.2. The van der Waals surface area contributed by atoms with Crippen molar-refractivity contribution in [2.75, 3.05) is 32.4 Å². The molecule has 0 amide bonds. The van der Waals surface area contributed by atoms with E-state index in [1.165, 1.54) is 4.31 Å². The van der Waals surface area contributed by atoms with E-state index < -0.39 is 38.1 Å². The summed E-state index contributed by atoms with van der Waals surface area (Å²) < 4.78 is 53.0. The van der Waals surface area contributed by atoms with Crippen LogP contribution in [0.1, 0.15) is 41.6 Å². The highest BCUT2D eigenvalue weighted by Crippen LogP contribution is 2.41. The van der Waals surface area contributed by atoms with Crippen molar-refractivity contribution < 1.29 is 37.3 Å². The first-order valence-electron chi connectivity index (χ1n) is 17.1. The lowest BCUT2D eigenvalue weighted by Crippen LogP contribution is -2.39. The number of carboxylic acid groups (broad SMARTS) is 1. The summed E-state index contributed by atoms with van der Waals surface area (Å²) in [4.78, 5) is 11.9. The second kappa shape index (κ2) is 17.3. The number of fused-ring (bicyclic) bond motifs is 1. The minimum Gasteiger partial charge on any atom is -0.486 e. The third-order valence-electron chi connectivity index (χ3n) is 8.46. The molecule has 0 spiro atoms. The van der Waals surface area contributed by atoms with Crippen LogP contribution in [0.25, 0.3) is 0 Å². The van der Waals surface area contributed by atoms with Crippen LogP contribution in [0.3, 0.4) is 0 Å². The Hall–Kier alpha value is -3.01. The van der Waals surface area contributed by atoms with Crippen LogP contribution in [0.2, 0.25) is 51.4 Å². The molecule has 0 fully saturated rings. The van der Waals surface area contributed by atoms with Gasteiger partial charge in [-0.2, -0.15) is 4.31 Å². The largest absolute Gasteiger partial charge is 0.486 e. The Morgan fingerprint density at radius 2 is 1.45 bits per heavy atom. The molecule has 0 bridgehead atoms. The Labute approximate surface area is 294 Å². The number of hydrogen-bond acceptors (Lipinski definition) is 7. The summed E-state index contributed by atoms with van der Waals surface area (Å²) in [5.41, 5.74) is 2.81. The van der Waals surface area contributed by atoms with Gasteiger partial charge in [0.05, 0.1) is 12.2 Å². The number of ether oxygens (including phenoxy) is 4. The Kier molecular flexibility index (Phi) is 13.7. The molecule has 1 unspecified atom stereocenters. The number of sulfonamides is 1. The van der Waals surface area contributed by atoms with Crippen molar-refractivity contribution in [2.45, 2.75) is 82.7 Å². The molecular formula is C37H53NO8SSi2. The zero-order chi connectivity index (χ0) is 35.7. The van der Waals surface area contributed by atoms with E-state index in [0.717, 1.165) is 47.6 Å². The van der Waals surface area contributed by atoms with E-state index >= 15 is 0 Å². The molecule has 0 saturated heterocycles. The third-order valence-corrected chi connectivity index (χ3v) is 13.7. The maximum Gasteiger partial charge on any atom is 0.303 e. The Bertz CT molecular complexity index is 1580. The van der Waals surface area contributed by atoms with Crippen LogP contribution in [-0.2, 0) is 30.7 Å². The first kappa shape index (κ1) is 38.8. The number of rotatable bonds is 20. The van der Waals surface area contributed by atoms with Crippen molar-refractivity contribution in [2.24, 2.45) is 0 Å². The van der Waals surface area contributed by atoms with Crippen molar-refractivity contribution >= 4 is 32.1 Å². The van der Waals surface area contributed by atoms with E-state index in [0.29, 0.717) is 24.5 Å². The molecule has 12 heteroatoms. The summed E-state index contributed by atoms with van der Waals surface area (Å²) >= 11 is 0. The first-order chi connectivity index (χ1) is 23.1. The van der Waals surface area contributed by atoms with Crippen molar-refractivity contribution in [1.82, 2.24) is 4.31 Å². The molecule has 1 N–H and O–H groups in total. The van der Waals surface area contributed by atoms with Gasteiger partial charge in [-0.15, -0.1) is 0 Å². The van der Waals surface area contributed by atoms with E-state index in [4.69, 9.17) is 18.9 Å². The SMILES string of the molecule is C[Si](C)(C)CCOCN(COCC[Si](C)(C)C)S(=O)(=O)CC(CC(=O)O)c1ccc(O[C@@H]2CCc3c(Oc4ccccc4)cccc32)cc1. The maximum absolute atomic E-state index is 13.8. The maximum atomic E-state index is 13.8. The van der Waals surface area contributed by atoms with Gasteiger partial charge in [-0.25, -0.2) is 8.42 Å². The molecule has 4 rings (SSSR count). The molecule has 268 valence electrons. The third kappa shape index (κ3) is 12.7. The van der Waals surface area contributed by atoms with Gasteiger partial charge in [0, 0.05) is 40.8 Å². The van der Waals surface area contributed by atoms with Crippen LogP contribution >= 0.6 is 0 Å². The smallest absolute Gasteiger partial charge is 0.303 e. The summed E-state index contributed by atoms with van der Waals surface area (Å²) in [5.74, 6) is 0.00454. The van der Waals surface area contributed by atoms with Gasteiger partial charge < -0.3 is 24.1 Å². The van der Waals surface area contributed by atoms with Crippen LogP contribution in [0.5, 0.6) is 17.2 Å². The fraction of sp³-hybridized carbons (Fsp3) is 0.486. The fourth-order valence-electron chi connectivity index (χ4n) is 5.53. The molecule has 0 saturated carbocycles. The predicted molar refractivity (Wildman–Crippen MR) is 200 cm³/mol. The quantitative estimate of drug-likeness (QED) is 0.0703. The number of aliphatic carboxylic acids is 1. The molecule has 2 atom stereocenters. The number of benzene rings is 3. The summed E-state index contributed by atoms with van der Waals surface area (Å²) in [6.07, 6.45) is 1.12. The van der Waals surface area contributed by atoms with Crippen molar-refractivity contribution in [3.63, 3.8) is 0 Å². The highest BCUT2D eigenvalue weighted by Gasteiger charge is 2.31. The molecule has 3 aromatic carbocycles. The number of carboxylic acids is 1. The lowest BCUT2D eigenvalue weighted by molar-refractivity contribution is -0.137. The van der Waals surface area contributed by atoms with Gasteiger partial charge >= 0.3 is 5.97 Å². The molecule has 0 heterocycles.